The molecule has 160 valence electrons. The van der Waals surface area contributed by atoms with Gasteiger partial charge in [0.25, 0.3) is 0 Å². The Kier molecular flexibility index (Phi) is 6.74. The van der Waals surface area contributed by atoms with Crippen molar-refractivity contribution < 1.29 is 27.1 Å². The molecule has 2 saturated heterocycles. The van der Waals surface area contributed by atoms with Gasteiger partial charge in [0.1, 0.15) is 5.82 Å². The Morgan fingerprint density at radius 2 is 1.62 bits per heavy atom. The molecule has 0 aliphatic carbocycles. The average Bonchev–Trinajstić information content (AvgIpc) is 2.74. The first kappa shape index (κ1) is 21.5. The molecule has 8 nitrogen and oxygen atoms in total. The van der Waals surface area contributed by atoms with Gasteiger partial charge < -0.3 is 15.0 Å². The number of hydrogen-bond donors (Lipinski definition) is 1. The largest absolute Gasteiger partial charge is 0.453 e. The summed E-state index contributed by atoms with van der Waals surface area (Å²) in [6, 6.07) is 4.76. The summed E-state index contributed by atoms with van der Waals surface area (Å²) in [5.74, 6) is -0.801. The number of hydrogen-bond acceptors (Lipinski definition) is 5. The normalized spacial score (nSPS) is 19.7. The lowest BCUT2D eigenvalue weighted by atomic mass is 9.96. The maximum atomic E-state index is 13.1. The zero-order valence-electron chi connectivity index (χ0n) is 16.3. The number of carbonyl (C=O) groups is 2. The topological polar surface area (TPSA) is 96.0 Å². The Balaban J connectivity index is 1.48. The quantitative estimate of drug-likeness (QED) is 0.787. The maximum Gasteiger partial charge on any atom is 0.409 e. The van der Waals surface area contributed by atoms with Crippen molar-refractivity contribution in [3.05, 3.63) is 30.1 Å². The minimum absolute atomic E-state index is 0.00406. The number of methoxy groups -OCH3 is 1. The number of rotatable bonds is 4. The number of piperidine rings is 2. The molecule has 2 aliphatic rings. The fourth-order valence-electron chi connectivity index (χ4n) is 3.77. The molecule has 2 heterocycles. The SMILES string of the molecule is COC(=O)N1CCC(NC(=O)C2CCN(S(=O)(=O)c3ccc(F)cc3)CC2)CC1. The van der Waals surface area contributed by atoms with Gasteiger partial charge in [-0.3, -0.25) is 4.79 Å². The van der Waals surface area contributed by atoms with Crippen LogP contribution in [0.2, 0.25) is 0 Å². The van der Waals surface area contributed by atoms with Crippen LogP contribution in [0.4, 0.5) is 9.18 Å². The fraction of sp³-hybridized carbons (Fsp3) is 0.579. The third-order valence-electron chi connectivity index (χ3n) is 5.55. The molecule has 2 fully saturated rings. The molecule has 0 spiro atoms. The number of likely N-dealkylation sites (tertiary alicyclic amines) is 1. The van der Waals surface area contributed by atoms with Crippen molar-refractivity contribution in [2.24, 2.45) is 5.92 Å². The minimum Gasteiger partial charge on any atom is -0.453 e. The molecule has 0 aromatic heterocycles. The Morgan fingerprint density at radius 1 is 1.03 bits per heavy atom. The van der Waals surface area contributed by atoms with E-state index in [0.717, 1.165) is 12.1 Å². The number of benzene rings is 1. The van der Waals surface area contributed by atoms with E-state index in [9.17, 15) is 22.4 Å². The molecule has 0 unspecified atom stereocenters. The molecular formula is C19H26FN3O5S. The first-order chi connectivity index (χ1) is 13.8. The minimum atomic E-state index is -3.69. The first-order valence-corrected chi connectivity index (χ1v) is 11.1. The van der Waals surface area contributed by atoms with Crippen molar-refractivity contribution in [2.45, 2.75) is 36.6 Å². The van der Waals surface area contributed by atoms with E-state index in [1.807, 2.05) is 0 Å². The van der Waals surface area contributed by atoms with E-state index in [4.69, 9.17) is 4.74 Å². The van der Waals surface area contributed by atoms with E-state index >= 15 is 0 Å². The lowest BCUT2D eigenvalue weighted by Crippen LogP contribution is -2.49. The molecule has 2 amide bonds. The number of sulfonamides is 1. The van der Waals surface area contributed by atoms with Crippen LogP contribution in [0.25, 0.3) is 0 Å². The highest BCUT2D eigenvalue weighted by Gasteiger charge is 2.33. The predicted molar refractivity (Wildman–Crippen MR) is 103 cm³/mol. The van der Waals surface area contributed by atoms with Crippen molar-refractivity contribution in [1.29, 1.82) is 0 Å². The number of nitrogens with one attached hydrogen (secondary N) is 1. The molecule has 1 aromatic carbocycles. The van der Waals surface area contributed by atoms with Gasteiger partial charge in [-0.15, -0.1) is 0 Å². The van der Waals surface area contributed by atoms with Gasteiger partial charge in [0.2, 0.25) is 15.9 Å². The van der Waals surface area contributed by atoms with Crippen LogP contribution in [-0.4, -0.2) is 69.0 Å². The van der Waals surface area contributed by atoms with Crippen LogP contribution in [-0.2, 0) is 19.6 Å². The zero-order valence-corrected chi connectivity index (χ0v) is 17.2. The van der Waals surface area contributed by atoms with Crippen LogP contribution in [0, 0.1) is 11.7 Å². The van der Waals surface area contributed by atoms with Gasteiger partial charge in [-0.1, -0.05) is 0 Å². The van der Waals surface area contributed by atoms with Gasteiger partial charge in [-0.2, -0.15) is 4.31 Å². The number of carbonyl (C=O) groups excluding carboxylic acids is 2. The monoisotopic (exact) mass is 427 g/mol. The molecule has 0 saturated carbocycles. The maximum absolute atomic E-state index is 13.1. The molecule has 1 aromatic rings. The number of amides is 2. The summed E-state index contributed by atoms with van der Waals surface area (Å²) in [6.07, 6.45) is 1.85. The zero-order chi connectivity index (χ0) is 21.0. The highest BCUT2D eigenvalue weighted by atomic mass is 32.2. The third-order valence-corrected chi connectivity index (χ3v) is 7.46. The second-order valence-electron chi connectivity index (χ2n) is 7.37. The smallest absolute Gasteiger partial charge is 0.409 e. The van der Waals surface area contributed by atoms with Gasteiger partial charge in [0, 0.05) is 38.1 Å². The van der Waals surface area contributed by atoms with Gasteiger partial charge in [-0.05, 0) is 49.9 Å². The van der Waals surface area contributed by atoms with Crippen molar-refractivity contribution in [2.75, 3.05) is 33.3 Å². The average molecular weight is 427 g/mol. The lowest BCUT2D eigenvalue weighted by Gasteiger charge is -2.34. The van der Waals surface area contributed by atoms with Gasteiger partial charge in [0.15, 0.2) is 0 Å². The van der Waals surface area contributed by atoms with Crippen LogP contribution in [0.1, 0.15) is 25.7 Å². The standard InChI is InChI=1S/C19H26FN3O5S/c1-28-19(25)22-10-8-16(9-11-22)21-18(24)14-6-12-23(13-7-14)29(26,27)17-4-2-15(20)3-5-17/h2-5,14,16H,6-13H2,1H3,(H,21,24). The fourth-order valence-corrected chi connectivity index (χ4v) is 5.24. The molecular weight excluding hydrogens is 401 g/mol. The second-order valence-corrected chi connectivity index (χ2v) is 9.31. The Labute approximate surface area is 170 Å². The molecule has 0 bridgehead atoms. The van der Waals surface area contributed by atoms with Crippen molar-refractivity contribution in [1.82, 2.24) is 14.5 Å². The predicted octanol–water partition coefficient (Wildman–Crippen LogP) is 1.57. The lowest BCUT2D eigenvalue weighted by molar-refractivity contribution is -0.127. The molecule has 10 heteroatoms. The van der Waals surface area contributed by atoms with Gasteiger partial charge in [0.05, 0.1) is 12.0 Å². The molecule has 29 heavy (non-hydrogen) atoms. The summed E-state index contributed by atoms with van der Waals surface area (Å²) in [7, 11) is -2.34. The van der Waals surface area contributed by atoms with Gasteiger partial charge in [-0.25, -0.2) is 17.6 Å². The molecule has 0 atom stereocenters. The number of halogens is 1. The Hall–Kier alpha value is -2.20. The van der Waals surface area contributed by atoms with E-state index in [2.05, 4.69) is 5.32 Å². The summed E-state index contributed by atoms with van der Waals surface area (Å²) >= 11 is 0. The first-order valence-electron chi connectivity index (χ1n) is 9.70. The highest BCUT2D eigenvalue weighted by Crippen LogP contribution is 2.24. The highest BCUT2D eigenvalue weighted by molar-refractivity contribution is 7.89. The van der Waals surface area contributed by atoms with E-state index in [1.165, 1.54) is 23.5 Å². The summed E-state index contributed by atoms with van der Waals surface area (Å²) < 4.78 is 44.4. The van der Waals surface area contributed by atoms with E-state index in [-0.39, 0.29) is 41.9 Å². The third kappa shape index (κ3) is 5.05. The van der Waals surface area contributed by atoms with Crippen LogP contribution in [0.3, 0.4) is 0 Å². The molecule has 2 aliphatic heterocycles. The Morgan fingerprint density at radius 3 is 2.17 bits per heavy atom. The molecule has 1 N–H and O–H groups in total. The number of ether oxygens (including phenoxy) is 1. The molecule has 0 radical (unpaired) electrons. The summed E-state index contributed by atoms with van der Waals surface area (Å²) in [6.45, 7) is 1.56. The number of nitrogens with zero attached hydrogens (tertiary/aromatic N) is 2. The van der Waals surface area contributed by atoms with Crippen LogP contribution in [0.15, 0.2) is 29.2 Å². The van der Waals surface area contributed by atoms with Crippen LogP contribution < -0.4 is 5.32 Å². The van der Waals surface area contributed by atoms with E-state index in [0.29, 0.717) is 38.8 Å². The molecule has 3 rings (SSSR count). The Bertz CT molecular complexity index is 830. The second kappa shape index (κ2) is 9.08. The van der Waals surface area contributed by atoms with Gasteiger partial charge >= 0.3 is 6.09 Å². The van der Waals surface area contributed by atoms with Crippen molar-refractivity contribution >= 4 is 22.0 Å². The van der Waals surface area contributed by atoms with Crippen LogP contribution in [0.5, 0.6) is 0 Å². The summed E-state index contributed by atoms with van der Waals surface area (Å²) in [5.41, 5.74) is 0. The van der Waals surface area contributed by atoms with Crippen molar-refractivity contribution in [3.63, 3.8) is 0 Å². The van der Waals surface area contributed by atoms with Crippen LogP contribution >= 0.6 is 0 Å². The summed E-state index contributed by atoms with van der Waals surface area (Å²) in [4.78, 5) is 25.8. The summed E-state index contributed by atoms with van der Waals surface area (Å²) in [5, 5.41) is 3.03. The van der Waals surface area contributed by atoms with Crippen molar-refractivity contribution in [3.8, 4) is 0 Å². The van der Waals surface area contributed by atoms with E-state index in [1.54, 1.807) is 4.90 Å². The van der Waals surface area contributed by atoms with E-state index < -0.39 is 15.8 Å².